The number of amides is 2. The van der Waals surface area contributed by atoms with Gasteiger partial charge in [0.05, 0.1) is 0 Å². The lowest BCUT2D eigenvalue weighted by Crippen LogP contribution is -2.51. The number of carboxylic acids is 1. The van der Waals surface area contributed by atoms with Crippen molar-refractivity contribution < 1.29 is 14.7 Å². The van der Waals surface area contributed by atoms with Crippen LogP contribution in [0.4, 0.5) is 10.5 Å². The van der Waals surface area contributed by atoms with Crippen LogP contribution >= 0.6 is 23.1 Å². The van der Waals surface area contributed by atoms with E-state index in [9.17, 15) is 14.7 Å². The van der Waals surface area contributed by atoms with Crippen LogP contribution in [0.15, 0.2) is 29.6 Å². The van der Waals surface area contributed by atoms with Gasteiger partial charge in [-0.2, -0.15) is 11.8 Å². The second kappa shape index (κ2) is 5.95. The molecule has 0 aliphatic carbocycles. The van der Waals surface area contributed by atoms with Gasteiger partial charge in [0.1, 0.15) is 6.04 Å². The highest BCUT2D eigenvalue weighted by Gasteiger charge is 2.32. The number of nitrogens with zero attached hydrogens (tertiary/aromatic N) is 1. The number of thiophene rings is 1. The fraction of sp³-hybridized carbons (Fsp3) is 0.286. The largest absolute Gasteiger partial charge is 0.480 e. The summed E-state index contributed by atoms with van der Waals surface area (Å²) in [6.07, 6.45) is 0. The smallest absolute Gasteiger partial charge is 0.327 e. The van der Waals surface area contributed by atoms with E-state index in [4.69, 9.17) is 0 Å². The molecular weight excluding hydrogens is 308 g/mol. The number of rotatable bonds is 2. The molecule has 0 saturated carbocycles. The maximum Gasteiger partial charge on any atom is 0.327 e. The van der Waals surface area contributed by atoms with Gasteiger partial charge < -0.3 is 15.3 Å². The molecule has 0 bridgehead atoms. The maximum atomic E-state index is 12.3. The van der Waals surface area contributed by atoms with Gasteiger partial charge in [0.25, 0.3) is 0 Å². The second-order valence-corrected chi connectivity index (χ2v) is 6.82. The first-order valence-corrected chi connectivity index (χ1v) is 8.54. The summed E-state index contributed by atoms with van der Waals surface area (Å²) < 4.78 is 1.16. The lowest BCUT2D eigenvalue weighted by atomic mass is 10.2. The third kappa shape index (κ3) is 2.98. The molecule has 0 radical (unpaired) electrons. The number of carbonyl (C=O) groups excluding carboxylic acids is 1. The van der Waals surface area contributed by atoms with E-state index in [1.807, 2.05) is 29.6 Å². The van der Waals surface area contributed by atoms with E-state index < -0.39 is 12.0 Å². The van der Waals surface area contributed by atoms with Crippen molar-refractivity contribution in [1.82, 2.24) is 4.90 Å². The first-order valence-electron chi connectivity index (χ1n) is 6.50. The van der Waals surface area contributed by atoms with Crippen LogP contribution in [-0.4, -0.2) is 46.1 Å². The summed E-state index contributed by atoms with van der Waals surface area (Å²) in [6.45, 7) is 0.453. The minimum Gasteiger partial charge on any atom is -0.480 e. The Bertz CT molecular complexity index is 686. The van der Waals surface area contributed by atoms with Crippen molar-refractivity contribution >= 4 is 50.9 Å². The minimum absolute atomic E-state index is 0.350. The number of benzene rings is 1. The van der Waals surface area contributed by atoms with Gasteiger partial charge in [-0.1, -0.05) is 0 Å². The van der Waals surface area contributed by atoms with Crippen LogP contribution < -0.4 is 5.32 Å². The van der Waals surface area contributed by atoms with Crippen molar-refractivity contribution in [2.45, 2.75) is 6.04 Å². The zero-order valence-electron chi connectivity index (χ0n) is 11.1. The molecule has 2 amide bonds. The molecule has 1 saturated heterocycles. The average Bonchev–Trinajstić information content (AvgIpc) is 2.94. The van der Waals surface area contributed by atoms with Crippen LogP contribution in [0.3, 0.4) is 0 Å². The predicted octanol–water partition coefficient (Wildman–Crippen LogP) is 2.94. The van der Waals surface area contributed by atoms with E-state index in [0.717, 1.165) is 15.8 Å². The summed E-state index contributed by atoms with van der Waals surface area (Å²) in [6, 6.07) is 6.58. The Morgan fingerprint density at radius 3 is 3.00 bits per heavy atom. The molecule has 1 fully saturated rings. The highest BCUT2D eigenvalue weighted by molar-refractivity contribution is 7.99. The van der Waals surface area contributed by atoms with Gasteiger partial charge in [0, 0.05) is 28.4 Å². The van der Waals surface area contributed by atoms with Crippen molar-refractivity contribution in [3.8, 4) is 0 Å². The third-order valence-corrected chi connectivity index (χ3v) is 5.30. The summed E-state index contributed by atoms with van der Waals surface area (Å²) >= 11 is 3.20. The number of anilines is 1. The van der Waals surface area contributed by atoms with Crippen LogP contribution in [0.1, 0.15) is 0 Å². The first-order chi connectivity index (χ1) is 10.1. The van der Waals surface area contributed by atoms with Crippen LogP contribution in [0.5, 0.6) is 0 Å². The van der Waals surface area contributed by atoms with Crippen molar-refractivity contribution in [3.63, 3.8) is 0 Å². The Balaban J connectivity index is 1.76. The van der Waals surface area contributed by atoms with Crippen molar-refractivity contribution in [1.29, 1.82) is 0 Å². The molecule has 2 heterocycles. The van der Waals surface area contributed by atoms with Gasteiger partial charge in [0.15, 0.2) is 0 Å². The van der Waals surface area contributed by atoms with Gasteiger partial charge in [0.2, 0.25) is 0 Å². The fourth-order valence-electron chi connectivity index (χ4n) is 2.29. The number of thioether (sulfide) groups is 1. The Morgan fingerprint density at radius 1 is 1.33 bits per heavy atom. The van der Waals surface area contributed by atoms with Gasteiger partial charge >= 0.3 is 12.0 Å². The molecule has 1 aliphatic rings. The van der Waals surface area contributed by atoms with Crippen LogP contribution in [0, 0.1) is 0 Å². The van der Waals surface area contributed by atoms with Gasteiger partial charge in [-0.25, -0.2) is 9.59 Å². The number of hydrogen-bond donors (Lipinski definition) is 2. The quantitative estimate of drug-likeness (QED) is 0.892. The summed E-state index contributed by atoms with van der Waals surface area (Å²) in [5.74, 6) is 0.248. The lowest BCUT2D eigenvalue weighted by Gasteiger charge is -2.32. The highest BCUT2D eigenvalue weighted by atomic mass is 32.2. The van der Waals surface area contributed by atoms with E-state index in [0.29, 0.717) is 18.0 Å². The molecular formula is C14H14N2O3S2. The number of urea groups is 1. The van der Waals surface area contributed by atoms with Crippen molar-refractivity contribution in [2.75, 3.05) is 23.4 Å². The number of hydrogen-bond acceptors (Lipinski definition) is 4. The molecule has 0 spiro atoms. The SMILES string of the molecule is O=C(O)C1CSCCN1C(=O)Nc1ccc2sccc2c1. The number of carbonyl (C=O) groups is 2. The van der Waals surface area contributed by atoms with Crippen molar-refractivity contribution in [3.05, 3.63) is 29.6 Å². The van der Waals surface area contributed by atoms with Gasteiger partial charge in [-0.3, -0.25) is 0 Å². The maximum absolute atomic E-state index is 12.3. The zero-order valence-corrected chi connectivity index (χ0v) is 12.7. The third-order valence-electron chi connectivity index (χ3n) is 3.38. The lowest BCUT2D eigenvalue weighted by molar-refractivity contribution is -0.141. The molecule has 110 valence electrons. The molecule has 2 aromatic rings. The molecule has 2 N–H and O–H groups in total. The van der Waals surface area contributed by atoms with Crippen LogP contribution in [0.25, 0.3) is 10.1 Å². The monoisotopic (exact) mass is 322 g/mol. The number of aliphatic carboxylic acids is 1. The zero-order chi connectivity index (χ0) is 14.8. The standard InChI is InChI=1S/C14H14N2O3S2/c17-13(18)11-8-20-6-4-16(11)14(19)15-10-1-2-12-9(7-10)3-5-21-12/h1-3,5,7,11H,4,6,8H2,(H,15,19)(H,17,18). The highest BCUT2D eigenvalue weighted by Crippen LogP contribution is 2.25. The van der Waals surface area contributed by atoms with E-state index in [1.165, 1.54) is 4.90 Å². The summed E-state index contributed by atoms with van der Waals surface area (Å²) in [7, 11) is 0. The Kier molecular flexibility index (Phi) is 4.03. The summed E-state index contributed by atoms with van der Waals surface area (Å²) in [5, 5.41) is 15.1. The van der Waals surface area contributed by atoms with Crippen LogP contribution in [-0.2, 0) is 4.79 Å². The second-order valence-electron chi connectivity index (χ2n) is 4.73. The average molecular weight is 322 g/mol. The molecule has 1 aromatic carbocycles. The normalized spacial score (nSPS) is 18.7. The summed E-state index contributed by atoms with van der Waals surface area (Å²) in [4.78, 5) is 24.9. The number of nitrogens with one attached hydrogen (secondary N) is 1. The number of carboxylic acid groups (broad SMARTS) is 1. The molecule has 1 aliphatic heterocycles. The number of fused-ring (bicyclic) bond motifs is 1. The molecule has 1 atom stereocenters. The van der Waals surface area contributed by atoms with Gasteiger partial charge in [-0.05, 0) is 35.0 Å². The summed E-state index contributed by atoms with van der Waals surface area (Å²) in [5.41, 5.74) is 0.688. The van der Waals surface area contributed by atoms with E-state index >= 15 is 0 Å². The van der Waals surface area contributed by atoms with Crippen molar-refractivity contribution in [2.24, 2.45) is 0 Å². The Hall–Kier alpha value is -1.73. The molecule has 1 unspecified atom stereocenters. The predicted molar refractivity (Wildman–Crippen MR) is 86.3 cm³/mol. The van der Waals surface area contributed by atoms with Gasteiger partial charge in [-0.15, -0.1) is 11.3 Å². The molecule has 1 aromatic heterocycles. The van der Waals surface area contributed by atoms with E-state index in [-0.39, 0.29) is 6.03 Å². The van der Waals surface area contributed by atoms with E-state index in [2.05, 4.69) is 5.32 Å². The molecule has 21 heavy (non-hydrogen) atoms. The first kappa shape index (κ1) is 14.2. The minimum atomic E-state index is -0.953. The molecule has 3 rings (SSSR count). The van der Waals surface area contributed by atoms with E-state index in [1.54, 1.807) is 23.1 Å². The Morgan fingerprint density at radius 2 is 2.19 bits per heavy atom. The molecule has 7 heteroatoms. The molecule has 5 nitrogen and oxygen atoms in total. The fourth-order valence-corrected chi connectivity index (χ4v) is 4.10. The Labute approximate surface area is 129 Å². The topological polar surface area (TPSA) is 69.6 Å². The van der Waals surface area contributed by atoms with Crippen LogP contribution in [0.2, 0.25) is 0 Å².